The lowest BCUT2D eigenvalue weighted by molar-refractivity contribution is 0.411. The molecule has 0 aromatic carbocycles. The number of hydrogen-bond acceptors (Lipinski definition) is 1. The molecule has 0 atom stereocenters. The normalized spacial score (nSPS) is 12.3. The van der Waals surface area contributed by atoms with Crippen molar-refractivity contribution in [3.8, 4) is 0 Å². The van der Waals surface area contributed by atoms with Gasteiger partial charge in [0.15, 0.2) is 0 Å². The summed E-state index contributed by atoms with van der Waals surface area (Å²) < 4.78 is 2.27. The van der Waals surface area contributed by atoms with Crippen LogP contribution in [-0.4, -0.2) is 9.55 Å². The number of aryl methyl sites for hydroxylation is 1. The van der Waals surface area contributed by atoms with Gasteiger partial charge >= 0.3 is 0 Å². The van der Waals surface area contributed by atoms with Crippen LogP contribution in [0.1, 0.15) is 33.4 Å². The third-order valence-electron chi connectivity index (χ3n) is 2.69. The van der Waals surface area contributed by atoms with Gasteiger partial charge in [-0.25, -0.2) is 0 Å². The molecule has 0 aliphatic heterocycles. The molecule has 0 bridgehead atoms. The van der Waals surface area contributed by atoms with Crippen molar-refractivity contribution in [2.45, 2.75) is 39.7 Å². The lowest BCUT2D eigenvalue weighted by Crippen LogP contribution is -2.20. The summed E-state index contributed by atoms with van der Waals surface area (Å²) in [5.74, 6) is 0. The fourth-order valence-corrected chi connectivity index (χ4v) is 1.84. The molecule has 0 N–H and O–H groups in total. The molecule has 0 unspecified atom stereocenters. The van der Waals surface area contributed by atoms with Crippen molar-refractivity contribution in [1.82, 2.24) is 9.55 Å². The third-order valence-corrected chi connectivity index (χ3v) is 2.69. The molecule has 2 nitrogen and oxygen atoms in total. The Morgan fingerprint density at radius 1 is 1.20 bits per heavy atom. The largest absolute Gasteiger partial charge is 0.341 e. The van der Waals surface area contributed by atoms with Gasteiger partial charge in [-0.1, -0.05) is 6.92 Å². The van der Waals surface area contributed by atoms with Gasteiger partial charge in [-0.15, -0.1) is 0 Å². The standard InChI is InChI=1S/C13H18N2/c1-5-10-6-7-12-11(14-10)8-9-15(12)13(2,3)4/h6-9H,5H2,1-4H3. The molecule has 0 radical (unpaired) electrons. The Morgan fingerprint density at radius 2 is 1.93 bits per heavy atom. The van der Waals surface area contributed by atoms with Crippen LogP contribution >= 0.6 is 0 Å². The topological polar surface area (TPSA) is 17.8 Å². The fourth-order valence-electron chi connectivity index (χ4n) is 1.84. The third kappa shape index (κ3) is 1.76. The first kappa shape index (κ1) is 10.2. The van der Waals surface area contributed by atoms with Crippen LogP contribution in [0, 0.1) is 0 Å². The number of nitrogens with zero attached hydrogens (tertiary/aromatic N) is 2. The van der Waals surface area contributed by atoms with Crippen LogP contribution in [0.3, 0.4) is 0 Å². The highest BCUT2D eigenvalue weighted by Gasteiger charge is 2.15. The quantitative estimate of drug-likeness (QED) is 0.693. The molecular weight excluding hydrogens is 184 g/mol. The minimum absolute atomic E-state index is 0.122. The first-order valence-corrected chi connectivity index (χ1v) is 5.50. The van der Waals surface area contributed by atoms with Gasteiger partial charge in [0.2, 0.25) is 0 Å². The van der Waals surface area contributed by atoms with Crippen LogP contribution in [0.4, 0.5) is 0 Å². The highest BCUT2D eigenvalue weighted by molar-refractivity contribution is 5.76. The van der Waals surface area contributed by atoms with Gasteiger partial charge in [0.05, 0.1) is 11.0 Å². The smallest absolute Gasteiger partial charge is 0.0884 e. The summed E-state index contributed by atoms with van der Waals surface area (Å²) in [6.45, 7) is 8.76. The number of rotatable bonds is 1. The highest BCUT2D eigenvalue weighted by atomic mass is 15.0. The number of hydrogen-bond donors (Lipinski definition) is 0. The molecule has 0 spiro atoms. The predicted molar refractivity (Wildman–Crippen MR) is 64.1 cm³/mol. The second-order valence-corrected chi connectivity index (χ2v) is 4.92. The van der Waals surface area contributed by atoms with Crippen LogP contribution in [-0.2, 0) is 12.0 Å². The second-order valence-electron chi connectivity index (χ2n) is 4.92. The van der Waals surface area contributed by atoms with E-state index in [9.17, 15) is 0 Å². The summed E-state index contributed by atoms with van der Waals surface area (Å²) in [4.78, 5) is 4.61. The van der Waals surface area contributed by atoms with Gasteiger partial charge in [-0.2, -0.15) is 0 Å². The first-order valence-electron chi connectivity index (χ1n) is 5.50. The van der Waals surface area contributed by atoms with Gasteiger partial charge < -0.3 is 4.57 Å². The Bertz CT molecular complexity index is 475. The van der Waals surface area contributed by atoms with Crippen molar-refractivity contribution < 1.29 is 0 Å². The zero-order valence-electron chi connectivity index (χ0n) is 9.91. The Balaban J connectivity index is 2.62. The molecule has 0 fully saturated rings. The predicted octanol–water partition coefficient (Wildman–Crippen LogP) is 3.35. The van der Waals surface area contributed by atoms with E-state index in [-0.39, 0.29) is 5.54 Å². The van der Waals surface area contributed by atoms with Crippen LogP contribution in [0.25, 0.3) is 11.0 Å². The summed E-state index contributed by atoms with van der Waals surface area (Å²) in [7, 11) is 0. The lowest BCUT2D eigenvalue weighted by atomic mass is 10.1. The Hall–Kier alpha value is -1.31. The SMILES string of the molecule is CCc1ccc2c(ccn2C(C)(C)C)n1. The monoisotopic (exact) mass is 202 g/mol. The van der Waals surface area contributed by atoms with Crippen LogP contribution in [0.2, 0.25) is 0 Å². The average Bonchev–Trinajstić information content (AvgIpc) is 2.59. The minimum Gasteiger partial charge on any atom is -0.341 e. The van der Waals surface area contributed by atoms with Gasteiger partial charge in [-0.3, -0.25) is 4.98 Å². The molecule has 0 amide bonds. The summed E-state index contributed by atoms with van der Waals surface area (Å²) in [6.07, 6.45) is 3.12. The number of aromatic nitrogens is 2. The molecule has 0 saturated carbocycles. The summed E-state index contributed by atoms with van der Waals surface area (Å²) in [6, 6.07) is 6.39. The first-order chi connectivity index (χ1) is 7.02. The van der Waals surface area contributed by atoms with E-state index in [0.29, 0.717) is 0 Å². The highest BCUT2D eigenvalue weighted by Crippen LogP contribution is 2.22. The van der Waals surface area contributed by atoms with Crippen molar-refractivity contribution in [3.63, 3.8) is 0 Å². The molecule has 2 heterocycles. The molecule has 2 rings (SSSR count). The Morgan fingerprint density at radius 3 is 2.53 bits per heavy atom. The molecular formula is C13H18N2. The molecule has 15 heavy (non-hydrogen) atoms. The van der Waals surface area contributed by atoms with Crippen molar-refractivity contribution in [3.05, 3.63) is 30.1 Å². The van der Waals surface area contributed by atoms with Crippen LogP contribution in [0.5, 0.6) is 0 Å². The van der Waals surface area contributed by atoms with E-state index in [4.69, 9.17) is 0 Å². The minimum atomic E-state index is 0.122. The Kier molecular flexibility index (Phi) is 2.29. The van der Waals surface area contributed by atoms with E-state index < -0.39 is 0 Å². The van der Waals surface area contributed by atoms with Crippen molar-refractivity contribution in [2.24, 2.45) is 0 Å². The van der Waals surface area contributed by atoms with Gasteiger partial charge in [-0.05, 0) is 45.4 Å². The summed E-state index contributed by atoms with van der Waals surface area (Å²) in [5.41, 5.74) is 3.61. The van der Waals surface area contributed by atoms with Crippen LogP contribution in [0.15, 0.2) is 24.4 Å². The van der Waals surface area contributed by atoms with E-state index >= 15 is 0 Å². The van der Waals surface area contributed by atoms with Gasteiger partial charge in [0, 0.05) is 17.4 Å². The maximum Gasteiger partial charge on any atom is 0.0884 e. The second kappa shape index (κ2) is 3.37. The number of pyridine rings is 1. The van der Waals surface area contributed by atoms with Gasteiger partial charge in [0.1, 0.15) is 0 Å². The molecule has 0 aliphatic carbocycles. The molecule has 2 heteroatoms. The summed E-state index contributed by atoms with van der Waals surface area (Å²) in [5, 5.41) is 0. The van der Waals surface area contributed by atoms with E-state index in [2.05, 4.69) is 61.6 Å². The molecule has 2 aromatic heterocycles. The fraction of sp³-hybridized carbons (Fsp3) is 0.462. The molecule has 0 saturated heterocycles. The summed E-state index contributed by atoms with van der Waals surface area (Å²) >= 11 is 0. The van der Waals surface area contributed by atoms with Crippen molar-refractivity contribution in [2.75, 3.05) is 0 Å². The maximum atomic E-state index is 4.61. The average molecular weight is 202 g/mol. The zero-order chi connectivity index (χ0) is 11.1. The van der Waals surface area contributed by atoms with E-state index in [1.807, 2.05) is 0 Å². The van der Waals surface area contributed by atoms with Crippen molar-refractivity contribution >= 4 is 11.0 Å². The maximum absolute atomic E-state index is 4.61. The van der Waals surface area contributed by atoms with E-state index in [1.165, 1.54) is 5.52 Å². The molecule has 80 valence electrons. The Labute approximate surface area is 90.9 Å². The van der Waals surface area contributed by atoms with Crippen LogP contribution < -0.4 is 0 Å². The van der Waals surface area contributed by atoms with Gasteiger partial charge in [0.25, 0.3) is 0 Å². The lowest BCUT2D eigenvalue weighted by Gasteiger charge is -2.22. The number of fused-ring (bicyclic) bond motifs is 1. The molecule has 0 aliphatic rings. The van der Waals surface area contributed by atoms with Crippen molar-refractivity contribution in [1.29, 1.82) is 0 Å². The van der Waals surface area contributed by atoms with E-state index in [0.717, 1.165) is 17.6 Å². The molecule has 2 aromatic rings. The van der Waals surface area contributed by atoms with E-state index in [1.54, 1.807) is 0 Å². The zero-order valence-corrected chi connectivity index (χ0v) is 9.91.